The number of aromatic nitrogens is 2. The van der Waals surface area contributed by atoms with Gasteiger partial charge in [0.05, 0.1) is 5.75 Å². The van der Waals surface area contributed by atoms with Crippen molar-refractivity contribution < 1.29 is 22.8 Å². The van der Waals surface area contributed by atoms with E-state index in [2.05, 4.69) is 10.1 Å². The van der Waals surface area contributed by atoms with E-state index in [4.69, 9.17) is 9.63 Å². The van der Waals surface area contributed by atoms with Gasteiger partial charge in [0.1, 0.15) is 0 Å². The average Bonchev–Trinajstić information content (AvgIpc) is 2.98. The van der Waals surface area contributed by atoms with Gasteiger partial charge in [0.2, 0.25) is 5.89 Å². The highest BCUT2D eigenvalue weighted by Gasteiger charge is 2.37. The van der Waals surface area contributed by atoms with Crippen molar-refractivity contribution in [1.29, 1.82) is 0 Å². The molecule has 2 rings (SSSR count). The highest BCUT2D eigenvalue weighted by Crippen LogP contribution is 2.38. The number of nitrogens with zero attached hydrogens (tertiary/aromatic N) is 2. The molecule has 1 aromatic rings. The zero-order chi connectivity index (χ0) is 12.5. The molecule has 96 valence electrons. The van der Waals surface area contributed by atoms with Crippen molar-refractivity contribution in [2.24, 2.45) is 0 Å². The van der Waals surface area contributed by atoms with Crippen LogP contribution in [0.25, 0.3) is 0 Å². The first-order valence-electron chi connectivity index (χ1n) is 5.12. The van der Waals surface area contributed by atoms with E-state index < -0.39 is 18.0 Å². The fraction of sp³-hybridized carbons (Fsp3) is 0.778. The Bertz CT molecular complexity index is 379. The minimum Gasteiger partial charge on any atom is -0.383 e. The Labute approximate surface area is 99.6 Å². The maximum Gasteiger partial charge on any atom is 0.415 e. The van der Waals surface area contributed by atoms with Gasteiger partial charge in [-0.25, -0.2) is 0 Å². The third-order valence-corrected chi connectivity index (χ3v) is 3.31. The number of halogens is 3. The van der Waals surface area contributed by atoms with Crippen molar-refractivity contribution in [3.8, 4) is 0 Å². The van der Waals surface area contributed by atoms with Gasteiger partial charge in [0.25, 0.3) is 0 Å². The van der Waals surface area contributed by atoms with Crippen molar-refractivity contribution in [2.45, 2.75) is 36.8 Å². The largest absolute Gasteiger partial charge is 0.415 e. The molecule has 1 saturated carbocycles. The van der Waals surface area contributed by atoms with Crippen LogP contribution < -0.4 is 0 Å². The van der Waals surface area contributed by atoms with Gasteiger partial charge in [-0.15, -0.1) is 11.8 Å². The topological polar surface area (TPSA) is 59.2 Å². The minimum absolute atomic E-state index is 0.187. The van der Waals surface area contributed by atoms with Crippen LogP contribution in [-0.2, 0) is 5.75 Å². The third kappa shape index (κ3) is 3.60. The summed E-state index contributed by atoms with van der Waals surface area (Å²) in [6.45, 7) is 0. The summed E-state index contributed by atoms with van der Waals surface area (Å²) >= 11 is 0.921. The summed E-state index contributed by atoms with van der Waals surface area (Å²) in [5.74, 6) is 1.07. The Hall–Kier alpha value is -0.760. The van der Waals surface area contributed by atoms with Crippen LogP contribution in [0.5, 0.6) is 0 Å². The Morgan fingerprint density at radius 2 is 2.18 bits per heavy atom. The van der Waals surface area contributed by atoms with Crippen molar-refractivity contribution >= 4 is 11.8 Å². The van der Waals surface area contributed by atoms with Gasteiger partial charge in [0, 0.05) is 11.7 Å². The van der Waals surface area contributed by atoms with E-state index in [-0.39, 0.29) is 5.75 Å². The molecule has 8 heteroatoms. The minimum atomic E-state index is -4.57. The van der Waals surface area contributed by atoms with Crippen LogP contribution in [0, 0.1) is 0 Å². The average molecular weight is 268 g/mol. The fourth-order valence-corrected chi connectivity index (χ4v) is 2.01. The van der Waals surface area contributed by atoms with Crippen molar-refractivity contribution in [3.63, 3.8) is 0 Å². The molecule has 0 radical (unpaired) electrons. The summed E-state index contributed by atoms with van der Waals surface area (Å²) in [7, 11) is 0. The number of alkyl halides is 3. The molecule has 1 N–H and O–H groups in total. The van der Waals surface area contributed by atoms with E-state index >= 15 is 0 Å². The number of rotatable bonds is 5. The van der Waals surface area contributed by atoms with Crippen LogP contribution in [0.4, 0.5) is 13.2 Å². The third-order valence-electron chi connectivity index (χ3n) is 2.31. The van der Waals surface area contributed by atoms with Gasteiger partial charge in [-0.05, 0) is 12.8 Å². The van der Waals surface area contributed by atoms with Crippen LogP contribution in [0.2, 0.25) is 0 Å². The lowest BCUT2D eigenvalue weighted by atomic mass is 10.4. The monoisotopic (exact) mass is 268 g/mol. The second kappa shape index (κ2) is 4.85. The number of aliphatic hydroxyl groups excluding tert-OH is 1. The summed E-state index contributed by atoms with van der Waals surface area (Å²) in [5.41, 5.74) is 0. The number of hydrogen-bond acceptors (Lipinski definition) is 5. The summed E-state index contributed by atoms with van der Waals surface area (Å²) in [4.78, 5) is 4.07. The molecule has 1 fully saturated rings. The molecule has 0 unspecified atom stereocenters. The maximum absolute atomic E-state index is 12.0. The molecule has 0 amide bonds. The van der Waals surface area contributed by atoms with Crippen LogP contribution >= 0.6 is 11.8 Å². The molecule has 0 spiro atoms. The van der Waals surface area contributed by atoms with Crippen molar-refractivity contribution in [3.05, 3.63) is 11.7 Å². The molecule has 1 heterocycles. The highest BCUT2D eigenvalue weighted by atomic mass is 32.2. The SMILES string of the molecule is O[C@@H](CSCc1nc(C2CC2)no1)C(F)(F)F. The van der Waals surface area contributed by atoms with Crippen LogP contribution in [0.15, 0.2) is 4.52 Å². The first-order valence-corrected chi connectivity index (χ1v) is 6.27. The predicted octanol–water partition coefficient (Wildman–Crippen LogP) is 2.10. The lowest BCUT2D eigenvalue weighted by Gasteiger charge is -2.12. The Kier molecular flexibility index (Phi) is 3.62. The lowest BCUT2D eigenvalue weighted by Crippen LogP contribution is -2.30. The normalized spacial score (nSPS) is 18.4. The van der Waals surface area contributed by atoms with E-state index in [1.165, 1.54) is 0 Å². The number of hydrogen-bond donors (Lipinski definition) is 1. The van der Waals surface area contributed by atoms with Gasteiger partial charge in [-0.2, -0.15) is 18.2 Å². The van der Waals surface area contributed by atoms with E-state index in [9.17, 15) is 13.2 Å². The number of aliphatic hydroxyl groups is 1. The summed E-state index contributed by atoms with van der Waals surface area (Å²) in [5, 5.41) is 12.5. The Morgan fingerprint density at radius 3 is 2.76 bits per heavy atom. The predicted molar refractivity (Wildman–Crippen MR) is 54.5 cm³/mol. The molecule has 0 bridgehead atoms. The van der Waals surface area contributed by atoms with Gasteiger partial charge >= 0.3 is 6.18 Å². The first-order chi connectivity index (χ1) is 7.97. The molecule has 0 saturated heterocycles. The van der Waals surface area contributed by atoms with E-state index in [1.54, 1.807) is 0 Å². The zero-order valence-corrected chi connectivity index (χ0v) is 9.59. The lowest BCUT2D eigenvalue weighted by molar-refractivity contribution is -0.195. The van der Waals surface area contributed by atoms with Crippen LogP contribution in [0.3, 0.4) is 0 Å². The molecule has 17 heavy (non-hydrogen) atoms. The molecule has 4 nitrogen and oxygen atoms in total. The van der Waals surface area contributed by atoms with E-state index in [0.29, 0.717) is 17.6 Å². The van der Waals surface area contributed by atoms with Gasteiger partial charge in [-0.3, -0.25) is 0 Å². The molecule has 1 atom stereocenters. The van der Waals surface area contributed by atoms with Gasteiger partial charge in [-0.1, -0.05) is 5.16 Å². The smallest absolute Gasteiger partial charge is 0.383 e. The molecule has 0 aromatic carbocycles. The van der Waals surface area contributed by atoms with Crippen LogP contribution in [-0.4, -0.2) is 33.3 Å². The van der Waals surface area contributed by atoms with Gasteiger partial charge in [0.15, 0.2) is 11.9 Å². The molecule has 1 aliphatic carbocycles. The van der Waals surface area contributed by atoms with Crippen molar-refractivity contribution in [2.75, 3.05) is 5.75 Å². The molecule has 0 aliphatic heterocycles. The fourth-order valence-electron chi connectivity index (χ4n) is 1.19. The molecular weight excluding hydrogens is 257 g/mol. The second-order valence-electron chi connectivity index (χ2n) is 3.89. The summed E-state index contributed by atoms with van der Waals surface area (Å²) in [6, 6.07) is 0. The van der Waals surface area contributed by atoms with E-state index in [0.717, 1.165) is 24.6 Å². The molecule has 1 aliphatic rings. The first kappa shape index (κ1) is 12.7. The standard InChI is InChI=1S/C9H11F3N2O2S/c10-9(11,12)6(15)3-17-4-7-13-8(14-16-7)5-1-2-5/h5-6,15H,1-4H2/t6-/m0/s1. The highest BCUT2D eigenvalue weighted by molar-refractivity contribution is 7.98. The van der Waals surface area contributed by atoms with E-state index in [1.807, 2.05) is 0 Å². The van der Waals surface area contributed by atoms with Crippen LogP contribution in [0.1, 0.15) is 30.5 Å². The van der Waals surface area contributed by atoms with Crippen molar-refractivity contribution in [1.82, 2.24) is 10.1 Å². The number of thioether (sulfide) groups is 1. The Morgan fingerprint density at radius 1 is 1.47 bits per heavy atom. The Balaban J connectivity index is 1.74. The second-order valence-corrected chi connectivity index (χ2v) is 4.92. The quantitative estimate of drug-likeness (QED) is 0.886. The maximum atomic E-state index is 12.0. The zero-order valence-electron chi connectivity index (χ0n) is 8.78. The molecular formula is C9H11F3N2O2S. The molecule has 1 aromatic heterocycles. The summed E-state index contributed by atoms with van der Waals surface area (Å²) in [6.07, 6.45) is -4.79. The summed E-state index contributed by atoms with van der Waals surface area (Å²) < 4.78 is 40.8. The van der Waals surface area contributed by atoms with Gasteiger partial charge < -0.3 is 9.63 Å².